The molecule has 0 bridgehead atoms. The van der Waals surface area contributed by atoms with E-state index in [4.69, 9.17) is 0 Å². The topological polar surface area (TPSA) is 35.6 Å². The van der Waals surface area contributed by atoms with Gasteiger partial charge in [0, 0.05) is 44.5 Å². The molecule has 1 fully saturated rings. The van der Waals surface area contributed by atoms with E-state index in [1.54, 1.807) is 4.90 Å². The second-order valence-electron chi connectivity index (χ2n) is 5.78. The molecule has 1 saturated heterocycles. The van der Waals surface area contributed by atoms with Crippen LogP contribution in [0.1, 0.15) is 26.7 Å². The summed E-state index contributed by atoms with van der Waals surface area (Å²) in [5, 5.41) is 3.63. The lowest BCUT2D eigenvalue weighted by atomic mass is 10.0. The van der Waals surface area contributed by atoms with Crippen molar-refractivity contribution in [1.82, 2.24) is 15.1 Å². The Morgan fingerprint density at radius 2 is 1.94 bits per heavy atom. The maximum Gasteiger partial charge on any atom is 0.319 e. The van der Waals surface area contributed by atoms with Gasteiger partial charge in [0.25, 0.3) is 0 Å². The Balaban J connectivity index is 2.30. The SMILES string of the molecule is CSC(C)(C)CNC1CCN(C(=O)N(C)C)CC1. The third-order valence-electron chi connectivity index (χ3n) is 3.52. The summed E-state index contributed by atoms with van der Waals surface area (Å²) in [5.41, 5.74) is 0. The second-order valence-corrected chi connectivity index (χ2v) is 7.30. The summed E-state index contributed by atoms with van der Waals surface area (Å²) in [6.45, 7) is 7.29. The van der Waals surface area contributed by atoms with Crippen LogP contribution < -0.4 is 5.32 Å². The molecule has 18 heavy (non-hydrogen) atoms. The standard InChI is InChI=1S/C13H27N3OS/c1-13(2,18-5)10-14-11-6-8-16(9-7-11)12(17)15(3)4/h11,14H,6-10H2,1-5H3. The van der Waals surface area contributed by atoms with Crippen LogP contribution in [0.5, 0.6) is 0 Å². The van der Waals surface area contributed by atoms with Gasteiger partial charge in [-0.1, -0.05) is 0 Å². The zero-order valence-electron chi connectivity index (χ0n) is 12.3. The monoisotopic (exact) mass is 273 g/mol. The molecule has 1 heterocycles. The van der Waals surface area contributed by atoms with Crippen LogP contribution >= 0.6 is 11.8 Å². The molecule has 1 rings (SSSR count). The van der Waals surface area contributed by atoms with Gasteiger partial charge < -0.3 is 15.1 Å². The molecule has 1 aliphatic rings. The van der Waals surface area contributed by atoms with Crippen molar-refractivity contribution in [2.45, 2.75) is 37.5 Å². The third-order valence-corrected chi connectivity index (χ3v) is 4.77. The maximum absolute atomic E-state index is 11.8. The van der Waals surface area contributed by atoms with Crippen molar-refractivity contribution in [3.63, 3.8) is 0 Å². The summed E-state index contributed by atoms with van der Waals surface area (Å²) < 4.78 is 0.288. The van der Waals surface area contributed by atoms with Crippen LogP contribution in [-0.4, -0.2) is 66.6 Å². The second kappa shape index (κ2) is 6.66. The van der Waals surface area contributed by atoms with Crippen LogP contribution in [0.4, 0.5) is 4.79 Å². The Kier molecular flexibility index (Phi) is 5.79. The predicted molar refractivity (Wildman–Crippen MR) is 79.3 cm³/mol. The van der Waals surface area contributed by atoms with E-state index in [1.165, 1.54) is 0 Å². The number of likely N-dealkylation sites (tertiary alicyclic amines) is 1. The van der Waals surface area contributed by atoms with E-state index in [0.717, 1.165) is 32.5 Å². The quantitative estimate of drug-likeness (QED) is 0.849. The number of hydrogen-bond acceptors (Lipinski definition) is 3. The van der Waals surface area contributed by atoms with E-state index in [0.29, 0.717) is 6.04 Å². The van der Waals surface area contributed by atoms with E-state index in [9.17, 15) is 4.79 Å². The van der Waals surface area contributed by atoms with Crippen molar-refractivity contribution in [3.05, 3.63) is 0 Å². The van der Waals surface area contributed by atoms with Crippen molar-refractivity contribution in [3.8, 4) is 0 Å². The first-order valence-corrected chi connectivity index (χ1v) is 7.83. The number of carbonyl (C=O) groups is 1. The lowest BCUT2D eigenvalue weighted by Crippen LogP contribution is -2.49. The number of nitrogens with one attached hydrogen (secondary N) is 1. The number of piperidine rings is 1. The van der Waals surface area contributed by atoms with Gasteiger partial charge in [-0.2, -0.15) is 11.8 Å². The molecule has 2 amide bonds. The zero-order valence-corrected chi connectivity index (χ0v) is 13.1. The highest BCUT2D eigenvalue weighted by molar-refractivity contribution is 7.99. The summed E-state index contributed by atoms with van der Waals surface area (Å²) in [4.78, 5) is 15.4. The molecule has 0 aromatic carbocycles. The lowest BCUT2D eigenvalue weighted by molar-refractivity contribution is 0.152. The van der Waals surface area contributed by atoms with Crippen molar-refractivity contribution in [2.24, 2.45) is 0 Å². The number of carbonyl (C=O) groups excluding carboxylic acids is 1. The summed E-state index contributed by atoms with van der Waals surface area (Å²) >= 11 is 1.89. The van der Waals surface area contributed by atoms with Crippen LogP contribution in [0, 0.1) is 0 Å². The van der Waals surface area contributed by atoms with Crippen LogP contribution in [0.3, 0.4) is 0 Å². The van der Waals surface area contributed by atoms with E-state index >= 15 is 0 Å². The molecule has 0 radical (unpaired) electrons. The molecule has 0 aliphatic carbocycles. The fraction of sp³-hybridized carbons (Fsp3) is 0.923. The number of hydrogen-bond donors (Lipinski definition) is 1. The predicted octanol–water partition coefficient (Wildman–Crippen LogP) is 1.86. The van der Waals surface area contributed by atoms with Gasteiger partial charge in [0.05, 0.1) is 0 Å². The largest absolute Gasteiger partial charge is 0.331 e. The molecule has 4 nitrogen and oxygen atoms in total. The van der Waals surface area contributed by atoms with Crippen molar-refractivity contribution in [1.29, 1.82) is 0 Å². The normalized spacial score (nSPS) is 17.9. The Bertz CT molecular complexity index is 273. The lowest BCUT2D eigenvalue weighted by Gasteiger charge is -2.35. The number of urea groups is 1. The molecular formula is C13H27N3OS. The number of thioether (sulfide) groups is 1. The van der Waals surface area contributed by atoms with Gasteiger partial charge in [0.2, 0.25) is 0 Å². The van der Waals surface area contributed by atoms with Crippen LogP contribution in [-0.2, 0) is 0 Å². The average molecular weight is 273 g/mol. The first kappa shape index (κ1) is 15.6. The van der Waals surface area contributed by atoms with E-state index < -0.39 is 0 Å². The maximum atomic E-state index is 11.8. The number of rotatable bonds is 4. The molecule has 0 atom stereocenters. The van der Waals surface area contributed by atoms with Crippen molar-refractivity contribution >= 4 is 17.8 Å². The highest BCUT2D eigenvalue weighted by Gasteiger charge is 2.25. The highest BCUT2D eigenvalue weighted by Crippen LogP contribution is 2.21. The molecule has 1 N–H and O–H groups in total. The molecule has 0 spiro atoms. The number of nitrogens with zero attached hydrogens (tertiary/aromatic N) is 2. The molecule has 0 unspecified atom stereocenters. The van der Waals surface area contributed by atoms with Gasteiger partial charge in [-0.15, -0.1) is 0 Å². The smallest absolute Gasteiger partial charge is 0.319 e. The minimum Gasteiger partial charge on any atom is -0.331 e. The summed E-state index contributed by atoms with van der Waals surface area (Å²) in [6, 6.07) is 0.695. The van der Waals surface area contributed by atoms with E-state index in [-0.39, 0.29) is 10.8 Å². The van der Waals surface area contributed by atoms with Gasteiger partial charge in [0.1, 0.15) is 0 Å². The minimum absolute atomic E-state index is 0.137. The van der Waals surface area contributed by atoms with Gasteiger partial charge in [-0.25, -0.2) is 4.79 Å². The van der Waals surface area contributed by atoms with Crippen LogP contribution in [0.25, 0.3) is 0 Å². The third kappa shape index (κ3) is 4.69. The molecule has 5 heteroatoms. The van der Waals surface area contributed by atoms with E-state index in [1.807, 2.05) is 30.8 Å². The Morgan fingerprint density at radius 3 is 2.39 bits per heavy atom. The Hall–Kier alpha value is -0.420. The van der Waals surface area contributed by atoms with Gasteiger partial charge in [-0.05, 0) is 32.9 Å². The molecular weight excluding hydrogens is 246 g/mol. The van der Waals surface area contributed by atoms with Crippen LogP contribution in [0.15, 0.2) is 0 Å². The Morgan fingerprint density at radius 1 is 1.39 bits per heavy atom. The van der Waals surface area contributed by atoms with Gasteiger partial charge in [0.15, 0.2) is 0 Å². The fourth-order valence-corrected chi connectivity index (χ4v) is 2.25. The highest BCUT2D eigenvalue weighted by atomic mass is 32.2. The van der Waals surface area contributed by atoms with E-state index in [2.05, 4.69) is 25.4 Å². The molecule has 0 aromatic rings. The molecule has 0 saturated carbocycles. The summed E-state index contributed by atoms with van der Waals surface area (Å²) in [7, 11) is 3.63. The van der Waals surface area contributed by atoms with Crippen molar-refractivity contribution < 1.29 is 4.79 Å². The zero-order chi connectivity index (χ0) is 13.8. The van der Waals surface area contributed by atoms with Gasteiger partial charge in [-0.3, -0.25) is 0 Å². The summed E-state index contributed by atoms with van der Waals surface area (Å²) in [6.07, 6.45) is 4.27. The first-order valence-electron chi connectivity index (χ1n) is 6.60. The number of amides is 2. The fourth-order valence-electron chi connectivity index (χ4n) is 2.02. The molecule has 106 valence electrons. The first-order chi connectivity index (χ1) is 8.35. The minimum atomic E-state index is 0.137. The average Bonchev–Trinajstić information content (AvgIpc) is 2.36. The van der Waals surface area contributed by atoms with Gasteiger partial charge >= 0.3 is 6.03 Å². The van der Waals surface area contributed by atoms with Crippen molar-refractivity contribution in [2.75, 3.05) is 40.0 Å². The Labute approximate surface area is 115 Å². The molecule has 1 aliphatic heterocycles. The summed E-state index contributed by atoms with van der Waals surface area (Å²) in [5.74, 6) is 0. The molecule has 0 aromatic heterocycles. The van der Waals surface area contributed by atoms with Crippen LogP contribution in [0.2, 0.25) is 0 Å².